The molecule has 1 saturated heterocycles. The van der Waals surface area contributed by atoms with Gasteiger partial charge in [0.1, 0.15) is 23.4 Å². The minimum Gasteiger partial charge on any atom is -0.497 e. The van der Waals surface area contributed by atoms with Crippen LogP contribution in [0.25, 0.3) is 0 Å². The summed E-state index contributed by atoms with van der Waals surface area (Å²) in [6.07, 6.45) is 3.56. The fourth-order valence-corrected chi connectivity index (χ4v) is 3.49. The van der Waals surface area contributed by atoms with Crippen LogP contribution in [0.4, 0.5) is 5.69 Å². The van der Waals surface area contributed by atoms with E-state index in [-0.39, 0.29) is 5.91 Å². The highest BCUT2D eigenvalue weighted by Crippen LogP contribution is 2.28. The van der Waals surface area contributed by atoms with Crippen LogP contribution in [0, 0.1) is 0 Å². The minimum atomic E-state index is -0.674. The molecule has 0 unspecified atom stereocenters. The van der Waals surface area contributed by atoms with Crippen molar-refractivity contribution in [3.8, 4) is 5.75 Å². The molecular formula is C19H27N5O2. The van der Waals surface area contributed by atoms with Crippen molar-refractivity contribution in [2.45, 2.75) is 38.1 Å². The Morgan fingerprint density at radius 2 is 1.88 bits per heavy atom. The Labute approximate surface area is 154 Å². The molecule has 1 aromatic heterocycles. The smallest absolute Gasteiger partial charge is 0.247 e. The molecule has 0 atom stereocenters. The van der Waals surface area contributed by atoms with E-state index in [1.54, 1.807) is 13.4 Å². The predicted molar refractivity (Wildman–Crippen MR) is 100 cm³/mol. The van der Waals surface area contributed by atoms with Gasteiger partial charge in [-0.25, -0.2) is 0 Å². The Morgan fingerprint density at radius 3 is 2.42 bits per heavy atom. The highest BCUT2D eigenvalue weighted by molar-refractivity contribution is 5.88. The van der Waals surface area contributed by atoms with Crippen molar-refractivity contribution >= 4 is 11.6 Å². The van der Waals surface area contributed by atoms with Gasteiger partial charge in [-0.15, -0.1) is 10.2 Å². The first-order valence-corrected chi connectivity index (χ1v) is 8.96. The monoisotopic (exact) mass is 357 g/mol. The summed E-state index contributed by atoms with van der Waals surface area (Å²) in [5.74, 6) is 2.28. The number of amides is 1. The molecule has 2 heterocycles. The number of anilines is 1. The fraction of sp³-hybridized carbons (Fsp3) is 0.526. The predicted octanol–water partition coefficient (Wildman–Crippen LogP) is 2.42. The second kappa shape index (κ2) is 7.35. The van der Waals surface area contributed by atoms with Crippen molar-refractivity contribution in [2.24, 2.45) is 7.05 Å². The van der Waals surface area contributed by atoms with Crippen LogP contribution in [0.5, 0.6) is 5.75 Å². The number of nitrogens with zero attached hydrogens (tertiary/aromatic N) is 4. The molecule has 1 N–H and O–H groups in total. The lowest BCUT2D eigenvalue weighted by Crippen LogP contribution is -2.52. The number of benzene rings is 1. The number of aryl methyl sites for hydroxylation is 1. The van der Waals surface area contributed by atoms with Gasteiger partial charge < -0.3 is 19.5 Å². The molecule has 0 aliphatic carbocycles. The standard InChI is InChI=1S/C19H27N5O2/c1-19(2,21-15-5-7-16(26-4)8-6-15)18(25)24-11-9-14(10-12-24)17-22-20-13-23(17)3/h5-8,13-14,21H,9-12H2,1-4H3. The largest absolute Gasteiger partial charge is 0.497 e. The van der Waals surface area contributed by atoms with Gasteiger partial charge in [0.25, 0.3) is 0 Å². The lowest BCUT2D eigenvalue weighted by Gasteiger charge is -2.37. The number of likely N-dealkylation sites (tertiary alicyclic amines) is 1. The Morgan fingerprint density at radius 1 is 1.23 bits per heavy atom. The van der Waals surface area contributed by atoms with E-state index in [4.69, 9.17) is 4.74 Å². The highest BCUT2D eigenvalue weighted by atomic mass is 16.5. The average Bonchev–Trinajstić information content (AvgIpc) is 3.07. The normalized spacial score (nSPS) is 15.8. The summed E-state index contributed by atoms with van der Waals surface area (Å²) in [6, 6.07) is 7.62. The van der Waals surface area contributed by atoms with Crippen LogP contribution in [0.3, 0.4) is 0 Å². The third kappa shape index (κ3) is 3.81. The number of aromatic nitrogens is 3. The molecule has 1 aromatic carbocycles. The molecule has 0 bridgehead atoms. The van der Waals surface area contributed by atoms with Crippen molar-refractivity contribution in [2.75, 3.05) is 25.5 Å². The zero-order valence-electron chi connectivity index (χ0n) is 15.9. The van der Waals surface area contributed by atoms with Crippen LogP contribution in [0.2, 0.25) is 0 Å². The van der Waals surface area contributed by atoms with Gasteiger partial charge in [-0.1, -0.05) is 0 Å². The van der Waals surface area contributed by atoms with E-state index < -0.39 is 5.54 Å². The van der Waals surface area contributed by atoms with Gasteiger partial charge in [0.2, 0.25) is 5.91 Å². The zero-order valence-corrected chi connectivity index (χ0v) is 15.9. The van der Waals surface area contributed by atoms with E-state index in [1.807, 2.05) is 54.6 Å². The van der Waals surface area contributed by atoms with Crippen LogP contribution in [-0.2, 0) is 11.8 Å². The second-order valence-electron chi connectivity index (χ2n) is 7.35. The number of carbonyl (C=O) groups excluding carboxylic acids is 1. The van der Waals surface area contributed by atoms with E-state index in [9.17, 15) is 4.79 Å². The molecule has 1 fully saturated rings. The molecule has 0 saturated carbocycles. The summed E-state index contributed by atoms with van der Waals surface area (Å²) in [5.41, 5.74) is 0.227. The van der Waals surface area contributed by atoms with E-state index in [2.05, 4.69) is 15.5 Å². The summed E-state index contributed by atoms with van der Waals surface area (Å²) >= 11 is 0. The van der Waals surface area contributed by atoms with Crippen molar-refractivity contribution in [1.82, 2.24) is 19.7 Å². The number of piperidine rings is 1. The SMILES string of the molecule is COc1ccc(NC(C)(C)C(=O)N2CCC(c3nncn3C)CC2)cc1. The van der Waals surface area contributed by atoms with Gasteiger partial charge in [0.15, 0.2) is 0 Å². The summed E-state index contributed by atoms with van der Waals surface area (Å²) in [4.78, 5) is 15.0. The number of rotatable bonds is 5. The number of hydrogen-bond acceptors (Lipinski definition) is 5. The Kier molecular flexibility index (Phi) is 5.15. The summed E-state index contributed by atoms with van der Waals surface area (Å²) < 4.78 is 7.15. The molecule has 1 aliphatic heterocycles. The van der Waals surface area contributed by atoms with Gasteiger partial charge in [0.05, 0.1) is 7.11 Å². The molecule has 140 valence electrons. The molecule has 7 nitrogen and oxygen atoms in total. The van der Waals surface area contributed by atoms with Crippen LogP contribution in [0.15, 0.2) is 30.6 Å². The van der Waals surface area contributed by atoms with Crippen molar-refractivity contribution in [3.05, 3.63) is 36.4 Å². The molecule has 26 heavy (non-hydrogen) atoms. The molecule has 1 aliphatic rings. The molecule has 2 aromatic rings. The number of ether oxygens (including phenoxy) is 1. The van der Waals surface area contributed by atoms with Crippen LogP contribution in [-0.4, -0.2) is 51.3 Å². The van der Waals surface area contributed by atoms with E-state index in [1.165, 1.54) is 0 Å². The first kappa shape index (κ1) is 18.2. The third-order valence-corrected chi connectivity index (χ3v) is 4.98. The summed E-state index contributed by atoms with van der Waals surface area (Å²) in [7, 11) is 3.61. The Hall–Kier alpha value is -2.57. The van der Waals surface area contributed by atoms with Gasteiger partial charge in [0, 0.05) is 31.7 Å². The zero-order chi connectivity index (χ0) is 18.7. The highest BCUT2D eigenvalue weighted by Gasteiger charge is 2.35. The first-order valence-electron chi connectivity index (χ1n) is 8.96. The quantitative estimate of drug-likeness (QED) is 0.890. The molecule has 1 amide bonds. The van der Waals surface area contributed by atoms with Crippen molar-refractivity contribution in [3.63, 3.8) is 0 Å². The van der Waals surface area contributed by atoms with Crippen LogP contribution < -0.4 is 10.1 Å². The Bertz CT molecular complexity index is 746. The topological polar surface area (TPSA) is 72.3 Å². The first-order chi connectivity index (χ1) is 12.4. The van der Waals surface area contributed by atoms with Crippen molar-refractivity contribution < 1.29 is 9.53 Å². The summed E-state index contributed by atoms with van der Waals surface area (Å²) in [6.45, 7) is 5.33. The maximum atomic E-state index is 13.0. The Balaban J connectivity index is 1.60. The lowest BCUT2D eigenvalue weighted by atomic mass is 9.93. The maximum absolute atomic E-state index is 13.0. The number of nitrogens with one attached hydrogen (secondary N) is 1. The minimum absolute atomic E-state index is 0.115. The van der Waals surface area contributed by atoms with E-state index >= 15 is 0 Å². The summed E-state index contributed by atoms with van der Waals surface area (Å²) in [5, 5.41) is 11.5. The lowest BCUT2D eigenvalue weighted by molar-refractivity contribution is -0.136. The van der Waals surface area contributed by atoms with E-state index in [0.717, 1.165) is 43.2 Å². The van der Waals surface area contributed by atoms with Crippen molar-refractivity contribution in [1.29, 1.82) is 0 Å². The fourth-order valence-electron chi connectivity index (χ4n) is 3.49. The molecule has 3 rings (SSSR count). The molecule has 7 heteroatoms. The third-order valence-electron chi connectivity index (χ3n) is 4.98. The van der Waals surface area contributed by atoms with Crippen LogP contribution >= 0.6 is 0 Å². The van der Waals surface area contributed by atoms with Gasteiger partial charge >= 0.3 is 0 Å². The number of hydrogen-bond donors (Lipinski definition) is 1. The van der Waals surface area contributed by atoms with Gasteiger partial charge in [-0.3, -0.25) is 4.79 Å². The number of carbonyl (C=O) groups is 1. The maximum Gasteiger partial charge on any atom is 0.247 e. The average molecular weight is 357 g/mol. The molecule has 0 spiro atoms. The molecular weight excluding hydrogens is 330 g/mol. The number of methoxy groups -OCH3 is 1. The van der Waals surface area contributed by atoms with E-state index in [0.29, 0.717) is 5.92 Å². The van der Waals surface area contributed by atoms with Gasteiger partial charge in [-0.05, 0) is 51.0 Å². The van der Waals surface area contributed by atoms with Gasteiger partial charge in [-0.2, -0.15) is 0 Å². The molecule has 0 radical (unpaired) electrons. The second-order valence-corrected chi connectivity index (χ2v) is 7.35. The van der Waals surface area contributed by atoms with Crippen LogP contribution in [0.1, 0.15) is 38.4 Å².